The molecule has 0 atom stereocenters. The Hall–Kier alpha value is -1.29. The molecular weight excluding hydrogens is 180 g/mol. The summed E-state index contributed by atoms with van der Waals surface area (Å²) >= 11 is 0. The standard InChI is InChI=1S/C10H16N2O2/c1-3-13-8-12-9(2)11-7-10-5-4-6-14-10/h4-6H,3,7-8H2,1-2H3,(H,11,12). The molecule has 0 radical (unpaired) electrons. The summed E-state index contributed by atoms with van der Waals surface area (Å²) in [6, 6.07) is 3.76. The van der Waals surface area contributed by atoms with Crippen LogP contribution in [0.1, 0.15) is 19.6 Å². The van der Waals surface area contributed by atoms with Gasteiger partial charge in [0, 0.05) is 6.61 Å². The van der Waals surface area contributed by atoms with Crippen molar-refractivity contribution in [1.29, 1.82) is 0 Å². The maximum absolute atomic E-state index is 5.14. The second-order valence-corrected chi connectivity index (χ2v) is 2.79. The molecule has 14 heavy (non-hydrogen) atoms. The Kier molecular flexibility index (Phi) is 4.78. The fourth-order valence-corrected chi connectivity index (χ4v) is 0.912. The highest BCUT2D eigenvalue weighted by Crippen LogP contribution is 2.00. The van der Waals surface area contributed by atoms with Gasteiger partial charge >= 0.3 is 0 Å². The van der Waals surface area contributed by atoms with Crippen molar-refractivity contribution < 1.29 is 9.15 Å². The van der Waals surface area contributed by atoms with E-state index in [0.717, 1.165) is 11.6 Å². The van der Waals surface area contributed by atoms with Crippen LogP contribution < -0.4 is 5.32 Å². The molecule has 0 fully saturated rings. The first-order valence-corrected chi connectivity index (χ1v) is 4.68. The van der Waals surface area contributed by atoms with Gasteiger partial charge in [0.05, 0.1) is 18.6 Å². The van der Waals surface area contributed by atoms with E-state index in [4.69, 9.17) is 9.15 Å². The van der Waals surface area contributed by atoms with Crippen molar-refractivity contribution in [3.8, 4) is 0 Å². The second kappa shape index (κ2) is 6.21. The molecule has 0 amide bonds. The zero-order valence-electron chi connectivity index (χ0n) is 8.62. The summed E-state index contributed by atoms with van der Waals surface area (Å²) < 4.78 is 10.3. The number of furan rings is 1. The van der Waals surface area contributed by atoms with Gasteiger partial charge in [-0.2, -0.15) is 0 Å². The van der Waals surface area contributed by atoms with E-state index in [1.165, 1.54) is 0 Å². The predicted molar refractivity (Wildman–Crippen MR) is 55.1 cm³/mol. The number of hydrogen-bond acceptors (Lipinski definition) is 3. The highest BCUT2D eigenvalue weighted by Gasteiger charge is 1.93. The van der Waals surface area contributed by atoms with Crippen molar-refractivity contribution in [2.75, 3.05) is 13.3 Å². The van der Waals surface area contributed by atoms with Gasteiger partial charge in [0.1, 0.15) is 12.5 Å². The van der Waals surface area contributed by atoms with Crippen LogP contribution in [0.4, 0.5) is 0 Å². The largest absolute Gasteiger partial charge is 0.467 e. The van der Waals surface area contributed by atoms with E-state index in [-0.39, 0.29) is 0 Å². The van der Waals surface area contributed by atoms with Gasteiger partial charge in [0.25, 0.3) is 0 Å². The lowest BCUT2D eigenvalue weighted by molar-refractivity contribution is 0.142. The van der Waals surface area contributed by atoms with Crippen molar-refractivity contribution in [2.45, 2.75) is 20.4 Å². The molecule has 0 aliphatic heterocycles. The van der Waals surface area contributed by atoms with Gasteiger partial charge in [-0.25, -0.2) is 0 Å². The van der Waals surface area contributed by atoms with Crippen LogP contribution in [-0.4, -0.2) is 19.2 Å². The van der Waals surface area contributed by atoms with E-state index in [9.17, 15) is 0 Å². The summed E-state index contributed by atoms with van der Waals surface area (Å²) in [6.45, 7) is 5.64. The molecule has 1 N–H and O–H groups in total. The average molecular weight is 196 g/mol. The minimum atomic E-state index is 0.504. The predicted octanol–water partition coefficient (Wildman–Crippen LogP) is 1.78. The molecule has 0 aromatic carbocycles. The third-order valence-corrected chi connectivity index (χ3v) is 1.69. The van der Waals surface area contributed by atoms with Gasteiger partial charge in [-0.3, -0.25) is 4.99 Å². The Bertz CT molecular complexity index is 268. The van der Waals surface area contributed by atoms with Crippen LogP contribution in [0.25, 0.3) is 0 Å². The monoisotopic (exact) mass is 196 g/mol. The van der Waals surface area contributed by atoms with Gasteiger partial charge in [0.15, 0.2) is 0 Å². The summed E-state index contributed by atoms with van der Waals surface area (Å²) in [7, 11) is 0. The zero-order valence-corrected chi connectivity index (χ0v) is 8.62. The van der Waals surface area contributed by atoms with E-state index in [2.05, 4.69) is 10.3 Å². The molecule has 0 unspecified atom stereocenters. The molecule has 1 heterocycles. The van der Waals surface area contributed by atoms with E-state index in [0.29, 0.717) is 19.9 Å². The molecule has 1 aromatic heterocycles. The summed E-state index contributed by atoms with van der Waals surface area (Å²) in [4.78, 5) is 4.27. The Morgan fingerprint density at radius 3 is 3.14 bits per heavy atom. The SMILES string of the molecule is CCOCNC(C)=NCc1ccco1. The van der Waals surface area contributed by atoms with Crippen LogP contribution >= 0.6 is 0 Å². The van der Waals surface area contributed by atoms with Gasteiger partial charge in [-0.1, -0.05) is 0 Å². The van der Waals surface area contributed by atoms with E-state index in [1.54, 1.807) is 6.26 Å². The first-order chi connectivity index (χ1) is 6.83. The van der Waals surface area contributed by atoms with Gasteiger partial charge in [-0.15, -0.1) is 0 Å². The molecule has 0 saturated heterocycles. The number of nitrogens with zero attached hydrogens (tertiary/aromatic N) is 1. The first kappa shape index (κ1) is 10.8. The fraction of sp³-hybridized carbons (Fsp3) is 0.500. The fourth-order valence-electron chi connectivity index (χ4n) is 0.912. The highest BCUT2D eigenvalue weighted by atomic mass is 16.5. The number of nitrogens with one attached hydrogen (secondary N) is 1. The quantitative estimate of drug-likeness (QED) is 0.338. The summed E-state index contributed by atoms with van der Waals surface area (Å²) in [6.07, 6.45) is 1.65. The Morgan fingerprint density at radius 1 is 1.64 bits per heavy atom. The average Bonchev–Trinajstić information content (AvgIpc) is 2.68. The number of hydrogen-bond donors (Lipinski definition) is 1. The number of rotatable bonds is 5. The van der Waals surface area contributed by atoms with E-state index in [1.807, 2.05) is 26.0 Å². The minimum absolute atomic E-state index is 0.504. The normalized spacial score (nSPS) is 11.7. The summed E-state index contributed by atoms with van der Waals surface area (Å²) in [5.41, 5.74) is 0. The minimum Gasteiger partial charge on any atom is -0.467 e. The molecule has 1 rings (SSSR count). The van der Waals surface area contributed by atoms with Crippen LogP contribution in [0, 0.1) is 0 Å². The number of amidine groups is 1. The second-order valence-electron chi connectivity index (χ2n) is 2.79. The van der Waals surface area contributed by atoms with Gasteiger partial charge < -0.3 is 14.5 Å². The Morgan fingerprint density at radius 2 is 2.50 bits per heavy atom. The number of aliphatic imine (C=N–C) groups is 1. The van der Waals surface area contributed by atoms with Crippen molar-refractivity contribution in [3.05, 3.63) is 24.2 Å². The molecule has 0 saturated carbocycles. The molecule has 0 aliphatic carbocycles. The maximum atomic E-state index is 5.14. The topological polar surface area (TPSA) is 46.8 Å². The smallest absolute Gasteiger partial charge is 0.125 e. The lowest BCUT2D eigenvalue weighted by Crippen LogP contribution is -2.23. The van der Waals surface area contributed by atoms with Crippen molar-refractivity contribution in [3.63, 3.8) is 0 Å². The molecule has 4 heteroatoms. The molecule has 0 aliphatic rings. The Balaban J connectivity index is 2.23. The lowest BCUT2D eigenvalue weighted by Gasteiger charge is -2.04. The van der Waals surface area contributed by atoms with E-state index >= 15 is 0 Å². The molecule has 0 spiro atoms. The van der Waals surface area contributed by atoms with Crippen LogP contribution in [0.15, 0.2) is 27.8 Å². The zero-order chi connectivity index (χ0) is 10.2. The van der Waals surface area contributed by atoms with Crippen molar-refractivity contribution in [2.24, 2.45) is 4.99 Å². The highest BCUT2D eigenvalue weighted by molar-refractivity contribution is 5.79. The van der Waals surface area contributed by atoms with Crippen LogP contribution in [0.3, 0.4) is 0 Å². The first-order valence-electron chi connectivity index (χ1n) is 4.68. The summed E-state index contributed by atoms with van der Waals surface area (Å²) in [5, 5.41) is 3.03. The van der Waals surface area contributed by atoms with Crippen LogP contribution in [0.2, 0.25) is 0 Å². The van der Waals surface area contributed by atoms with Crippen molar-refractivity contribution in [1.82, 2.24) is 5.32 Å². The van der Waals surface area contributed by atoms with E-state index < -0.39 is 0 Å². The molecular formula is C10H16N2O2. The summed E-state index contributed by atoms with van der Waals surface area (Å²) in [5.74, 6) is 1.72. The number of ether oxygens (including phenoxy) is 1. The third-order valence-electron chi connectivity index (χ3n) is 1.69. The molecule has 1 aromatic rings. The Labute approximate surface area is 84.0 Å². The van der Waals surface area contributed by atoms with Crippen molar-refractivity contribution >= 4 is 5.84 Å². The lowest BCUT2D eigenvalue weighted by atomic mass is 10.4. The molecule has 0 bridgehead atoms. The maximum Gasteiger partial charge on any atom is 0.125 e. The molecule has 4 nitrogen and oxygen atoms in total. The van der Waals surface area contributed by atoms with Gasteiger partial charge in [0.2, 0.25) is 0 Å². The van der Waals surface area contributed by atoms with Gasteiger partial charge in [-0.05, 0) is 26.0 Å². The third kappa shape index (κ3) is 4.09. The molecule has 78 valence electrons. The van der Waals surface area contributed by atoms with Crippen LogP contribution in [-0.2, 0) is 11.3 Å². The van der Waals surface area contributed by atoms with Crippen LogP contribution in [0.5, 0.6) is 0 Å².